The second kappa shape index (κ2) is 11.8. The van der Waals surface area contributed by atoms with Gasteiger partial charge in [0.05, 0.1) is 35.8 Å². The van der Waals surface area contributed by atoms with Crippen molar-refractivity contribution in [1.82, 2.24) is 10.2 Å². The maximum absolute atomic E-state index is 12.9. The number of anilines is 1. The molecule has 1 fully saturated rings. The van der Waals surface area contributed by atoms with Gasteiger partial charge in [-0.15, -0.1) is 0 Å². The number of rotatable bonds is 10. The lowest BCUT2D eigenvalue weighted by atomic mass is 10.1. The molecule has 1 aliphatic heterocycles. The van der Waals surface area contributed by atoms with Gasteiger partial charge in [-0.05, 0) is 42.0 Å². The van der Waals surface area contributed by atoms with Gasteiger partial charge in [0.25, 0.3) is 11.6 Å². The van der Waals surface area contributed by atoms with Crippen LogP contribution in [-0.4, -0.2) is 53.4 Å². The number of non-ortho nitro benzene ring substituents is 1. The highest BCUT2D eigenvalue weighted by molar-refractivity contribution is 6.16. The number of amides is 4. The standard InChI is InChI=1S/C26H21N5O10/c1-39-20-6-4-3-5-17(20)27-24(32)14-29-25(33)18(28-26(29)34)11-15-7-9-22(23(12-15)40-2)41-21-10-8-16(30(35)36)13-19(21)31(37)38/h3-13H,14H2,1-2H3,(H,27,32)(H,28,34)/b18-11+. The van der Waals surface area contributed by atoms with E-state index >= 15 is 0 Å². The normalized spacial score (nSPS) is 13.5. The number of hydrogen-bond acceptors (Lipinski definition) is 10. The number of nitro benzene ring substituents is 2. The van der Waals surface area contributed by atoms with Gasteiger partial charge in [-0.1, -0.05) is 18.2 Å². The third kappa shape index (κ3) is 6.19. The summed E-state index contributed by atoms with van der Waals surface area (Å²) in [5, 5.41) is 27.4. The van der Waals surface area contributed by atoms with Gasteiger partial charge in [0.1, 0.15) is 18.0 Å². The van der Waals surface area contributed by atoms with Crippen molar-refractivity contribution in [2.45, 2.75) is 0 Å². The van der Waals surface area contributed by atoms with Crippen LogP contribution < -0.4 is 24.8 Å². The first-order valence-corrected chi connectivity index (χ1v) is 11.7. The van der Waals surface area contributed by atoms with Gasteiger partial charge in [0, 0.05) is 6.07 Å². The number of nitrogens with one attached hydrogen (secondary N) is 2. The molecular formula is C26H21N5O10. The highest BCUT2D eigenvalue weighted by atomic mass is 16.6. The summed E-state index contributed by atoms with van der Waals surface area (Å²) in [6.07, 6.45) is 1.35. The smallest absolute Gasteiger partial charge is 0.329 e. The van der Waals surface area contributed by atoms with Crippen LogP contribution in [0.25, 0.3) is 6.08 Å². The van der Waals surface area contributed by atoms with Crippen molar-refractivity contribution >= 4 is 41.0 Å². The van der Waals surface area contributed by atoms with E-state index in [0.717, 1.165) is 23.1 Å². The first-order valence-electron chi connectivity index (χ1n) is 11.7. The largest absolute Gasteiger partial charge is 0.495 e. The molecule has 0 saturated carbocycles. The van der Waals surface area contributed by atoms with Crippen molar-refractivity contribution in [3.63, 3.8) is 0 Å². The quantitative estimate of drug-likeness (QED) is 0.158. The van der Waals surface area contributed by atoms with E-state index in [4.69, 9.17) is 14.2 Å². The van der Waals surface area contributed by atoms with Crippen molar-refractivity contribution in [2.24, 2.45) is 0 Å². The molecule has 1 heterocycles. The molecule has 0 bridgehead atoms. The SMILES string of the molecule is COc1ccccc1NC(=O)CN1C(=O)N/C(=C/c2ccc(Oc3ccc([N+](=O)[O-])cc3[N+](=O)[O-])c(OC)c2)C1=O. The number of carbonyl (C=O) groups is 3. The number of methoxy groups -OCH3 is 2. The van der Waals surface area contributed by atoms with E-state index in [0.29, 0.717) is 17.0 Å². The van der Waals surface area contributed by atoms with Crippen molar-refractivity contribution in [3.05, 3.63) is 92.2 Å². The predicted molar refractivity (Wildman–Crippen MR) is 143 cm³/mol. The van der Waals surface area contributed by atoms with Gasteiger partial charge in [0.15, 0.2) is 11.5 Å². The summed E-state index contributed by atoms with van der Waals surface area (Å²) in [5.74, 6) is -1.07. The number of carbonyl (C=O) groups excluding carboxylic acids is 3. The molecule has 15 nitrogen and oxygen atoms in total. The zero-order valence-corrected chi connectivity index (χ0v) is 21.5. The summed E-state index contributed by atoms with van der Waals surface area (Å²) in [5.41, 5.74) is -0.455. The fourth-order valence-corrected chi connectivity index (χ4v) is 3.79. The molecule has 0 aromatic heterocycles. The Bertz CT molecular complexity index is 1600. The van der Waals surface area contributed by atoms with E-state index in [1.165, 1.54) is 38.5 Å². The molecule has 4 amide bonds. The second-order valence-corrected chi connectivity index (χ2v) is 8.31. The Hall–Kier alpha value is -5.99. The molecule has 3 aromatic carbocycles. The number of ether oxygens (including phenoxy) is 3. The molecule has 0 atom stereocenters. The van der Waals surface area contributed by atoms with Gasteiger partial charge < -0.3 is 24.8 Å². The Morgan fingerprint density at radius 1 is 0.927 bits per heavy atom. The third-order valence-electron chi connectivity index (χ3n) is 5.71. The lowest BCUT2D eigenvalue weighted by molar-refractivity contribution is -0.394. The Labute approximate surface area is 231 Å². The number of urea groups is 1. The number of benzene rings is 3. The average molecular weight is 563 g/mol. The summed E-state index contributed by atoms with van der Waals surface area (Å²) in [6.45, 7) is -0.551. The number of para-hydroxylation sites is 2. The number of hydrogen-bond donors (Lipinski definition) is 2. The Kier molecular flexibility index (Phi) is 8.08. The van der Waals surface area contributed by atoms with E-state index in [2.05, 4.69) is 10.6 Å². The van der Waals surface area contributed by atoms with Crippen LogP contribution in [0.15, 0.2) is 66.4 Å². The molecule has 1 aliphatic rings. The fraction of sp³-hybridized carbons (Fsp3) is 0.115. The molecular weight excluding hydrogens is 542 g/mol. The fourth-order valence-electron chi connectivity index (χ4n) is 3.79. The van der Waals surface area contributed by atoms with Crippen LogP contribution in [0.1, 0.15) is 5.56 Å². The second-order valence-electron chi connectivity index (χ2n) is 8.31. The molecule has 15 heteroatoms. The monoisotopic (exact) mass is 563 g/mol. The Morgan fingerprint density at radius 2 is 1.63 bits per heavy atom. The molecule has 2 N–H and O–H groups in total. The zero-order valence-electron chi connectivity index (χ0n) is 21.5. The van der Waals surface area contributed by atoms with Crippen molar-refractivity contribution < 1.29 is 38.4 Å². The van der Waals surface area contributed by atoms with Gasteiger partial charge in [-0.3, -0.25) is 29.8 Å². The van der Waals surface area contributed by atoms with Crippen LogP contribution in [0.5, 0.6) is 23.0 Å². The van der Waals surface area contributed by atoms with Crippen LogP contribution >= 0.6 is 0 Å². The highest BCUT2D eigenvalue weighted by Crippen LogP contribution is 2.38. The van der Waals surface area contributed by atoms with Crippen molar-refractivity contribution in [1.29, 1.82) is 0 Å². The molecule has 41 heavy (non-hydrogen) atoms. The van der Waals surface area contributed by atoms with Gasteiger partial charge >= 0.3 is 11.7 Å². The molecule has 0 aliphatic carbocycles. The minimum absolute atomic E-state index is 0.0445. The number of imide groups is 1. The molecule has 3 aromatic rings. The Balaban J connectivity index is 1.51. The Morgan fingerprint density at radius 3 is 2.32 bits per heavy atom. The van der Waals surface area contributed by atoms with Crippen molar-refractivity contribution in [2.75, 3.05) is 26.1 Å². The lowest BCUT2D eigenvalue weighted by Gasteiger charge is -2.13. The minimum atomic E-state index is -0.815. The van der Waals surface area contributed by atoms with Crippen LogP contribution in [0.4, 0.5) is 21.9 Å². The van der Waals surface area contributed by atoms with Gasteiger partial charge in [0.2, 0.25) is 11.7 Å². The molecule has 0 spiro atoms. The summed E-state index contributed by atoms with van der Waals surface area (Å²) >= 11 is 0. The van der Waals surface area contributed by atoms with E-state index < -0.39 is 45.6 Å². The predicted octanol–water partition coefficient (Wildman–Crippen LogP) is 3.84. The molecule has 1 saturated heterocycles. The van der Waals surface area contributed by atoms with E-state index in [1.54, 1.807) is 24.3 Å². The maximum Gasteiger partial charge on any atom is 0.329 e. The summed E-state index contributed by atoms with van der Waals surface area (Å²) in [7, 11) is 2.75. The van der Waals surface area contributed by atoms with Gasteiger partial charge in [-0.25, -0.2) is 9.69 Å². The zero-order chi connectivity index (χ0) is 29.7. The third-order valence-corrected chi connectivity index (χ3v) is 5.71. The molecule has 0 unspecified atom stereocenters. The topological polar surface area (TPSA) is 192 Å². The molecule has 4 rings (SSSR count). The molecule has 210 valence electrons. The van der Waals surface area contributed by atoms with E-state index in [-0.39, 0.29) is 22.9 Å². The van der Waals surface area contributed by atoms with Crippen LogP contribution in [-0.2, 0) is 9.59 Å². The first-order chi connectivity index (χ1) is 19.6. The number of nitrogens with zero attached hydrogens (tertiary/aromatic N) is 3. The van der Waals surface area contributed by atoms with Gasteiger partial charge in [-0.2, -0.15) is 0 Å². The van der Waals surface area contributed by atoms with E-state index in [1.807, 2.05) is 0 Å². The number of nitro groups is 2. The summed E-state index contributed by atoms with van der Waals surface area (Å²) in [4.78, 5) is 59.4. The van der Waals surface area contributed by atoms with Crippen molar-refractivity contribution in [3.8, 4) is 23.0 Å². The average Bonchev–Trinajstić information content (AvgIpc) is 3.21. The van der Waals surface area contributed by atoms with E-state index in [9.17, 15) is 34.6 Å². The highest BCUT2D eigenvalue weighted by Gasteiger charge is 2.35. The summed E-state index contributed by atoms with van der Waals surface area (Å²) < 4.78 is 16.1. The van der Waals surface area contributed by atoms with Crippen LogP contribution in [0.3, 0.4) is 0 Å². The van der Waals surface area contributed by atoms with Crippen LogP contribution in [0, 0.1) is 20.2 Å². The summed E-state index contributed by atoms with van der Waals surface area (Å²) in [6, 6.07) is 13.1. The van der Waals surface area contributed by atoms with Crippen LogP contribution in [0.2, 0.25) is 0 Å². The molecule has 0 radical (unpaired) electrons. The lowest BCUT2D eigenvalue weighted by Crippen LogP contribution is -2.38. The maximum atomic E-state index is 12.9. The first kappa shape index (κ1) is 28.0. The minimum Gasteiger partial charge on any atom is -0.495 e.